The lowest BCUT2D eigenvalue weighted by molar-refractivity contribution is 0.0944. The first-order valence-electron chi connectivity index (χ1n) is 9.07. The molecule has 4 nitrogen and oxygen atoms in total. The molecular weight excluding hydrogens is 370 g/mol. The minimum absolute atomic E-state index is 0.0922. The molecule has 0 atom stereocenters. The average molecular weight is 394 g/mol. The van der Waals surface area contributed by atoms with Crippen LogP contribution in [0.15, 0.2) is 83.8 Å². The van der Waals surface area contributed by atoms with Crippen molar-refractivity contribution in [2.24, 2.45) is 0 Å². The van der Waals surface area contributed by atoms with E-state index in [4.69, 9.17) is 9.47 Å². The molecule has 28 heavy (non-hydrogen) atoms. The maximum absolute atomic E-state index is 12.6. The van der Waals surface area contributed by atoms with Crippen LogP contribution in [0.5, 0.6) is 11.5 Å². The van der Waals surface area contributed by atoms with Gasteiger partial charge in [0.15, 0.2) is 0 Å². The number of carbonyl (C=O) groups is 1. The van der Waals surface area contributed by atoms with Gasteiger partial charge in [0.1, 0.15) is 18.1 Å². The highest BCUT2D eigenvalue weighted by molar-refractivity contribution is 7.98. The molecule has 0 aliphatic carbocycles. The quantitative estimate of drug-likeness (QED) is 0.419. The minimum atomic E-state index is -0.0922. The molecule has 3 aromatic carbocycles. The lowest BCUT2D eigenvalue weighted by Crippen LogP contribution is -2.28. The molecule has 3 rings (SSSR count). The molecule has 0 fully saturated rings. The number of thioether (sulfide) groups is 1. The summed E-state index contributed by atoms with van der Waals surface area (Å²) in [6.45, 7) is 0.811. The summed E-state index contributed by atoms with van der Waals surface area (Å²) in [6.07, 6.45) is 0. The lowest BCUT2D eigenvalue weighted by atomic mass is 10.2. The van der Waals surface area contributed by atoms with Gasteiger partial charge in [-0.1, -0.05) is 48.5 Å². The van der Waals surface area contributed by atoms with Gasteiger partial charge in [0.05, 0.1) is 19.2 Å². The van der Waals surface area contributed by atoms with Crippen LogP contribution in [0.3, 0.4) is 0 Å². The largest absolute Gasteiger partial charge is 0.497 e. The van der Waals surface area contributed by atoms with E-state index >= 15 is 0 Å². The zero-order valence-corrected chi connectivity index (χ0v) is 16.6. The number of amides is 1. The monoisotopic (exact) mass is 393 g/mol. The van der Waals surface area contributed by atoms with Crippen molar-refractivity contribution in [1.82, 2.24) is 5.32 Å². The molecular formula is C23H23NO3S. The van der Waals surface area contributed by atoms with Gasteiger partial charge in [-0.3, -0.25) is 4.79 Å². The Labute approximate surface area is 169 Å². The second-order valence-corrected chi connectivity index (χ2v) is 7.07. The average Bonchev–Trinajstić information content (AvgIpc) is 2.76. The van der Waals surface area contributed by atoms with Crippen LogP contribution in [-0.2, 0) is 5.75 Å². The zero-order chi connectivity index (χ0) is 19.6. The molecule has 0 bridgehead atoms. The van der Waals surface area contributed by atoms with Crippen molar-refractivity contribution >= 4 is 17.7 Å². The van der Waals surface area contributed by atoms with Crippen molar-refractivity contribution in [3.05, 3.63) is 90.0 Å². The fraction of sp³-hybridized carbons (Fsp3) is 0.174. The molecule has 0 saturated carbocycles. The number of nitrogens with one attached hydrogen (secondary N) is 1. The van der Waals surface area contributed by atoms with Crippen LogP contribution in [0.2, 0.25) is 0 Å². The van der Waals surface area contributed by atoms with Crippen LogP contribution in [0, 0.1) is 0 Å². The van der Waals surface area contributed by atoms with E-state index in [-0.39, 0.29) is 5.91 Å². The smallest absolute Gasteiger partial charge is 0.252 e. The molecule has 5 heteroatoms. The maximum Gasteiger partial charge on any atom is 0.252 e. The van der Waals surface area contributed by atoms with Gasteiger partial charge in [0.25, 0.3) is 5.91 Å². The molecule has 0 unspecified atom stereocenters. The molecule has 0 aliphatic heterocycles. The third-order valence-electron chi connectivity index (χ3n) is 4.07. The van der Waals surface area contributed by atoms with Gasteiger partial charge in [-0.05, 0) is 29.8 Å². The van der Waals surface area contributed by atoms with Crippen molar-refractivity contribution in [3.63, 3.8) is 0 Å². The molecule has 1 amide bonds. The van der Waals surface area contributed by atoms with Crippen molar-refractivity contribution in [3.8, 4) is 11.5 Å². The Morgan fingerprint density at radius 1 is 0.929 bits per heavy atom. The summed E-state index contributed by atoms with van der Waals surface area (Å²) >= 11 is 1.66. The van der Waals surface area contributed by atoms with Gasteiger partial charge >= 0.3 is 0 Å². The van der Waals surface area contributed by atoms with Gasteiger partial charge in [-0.15, -0.1) is 11.8 Å². The number of methoxy groups -OCH3 is 1. The van der Waals surface area contributed by atoms with Crippen LogP contribution in [0.4, 0.5) is 0 Å². The molecule has 0 aliphatic rings. The van der Waals surface area contributed by atoms with Gasteiger partial charge in [-0.25, -0.2) is 0 Å². The molecule has 0 heterocycles. The Bertz CT molecular complexity index is 899. The van der Waals surface area contributed by atoms with E-state index in [1.54, 1.807) is 18.9 Å². The highest BCUT2D eigenvalue weighted by atomic mass is 32.2. The summed E-state index contributed by atoms with van der Waals surface area (Å²) in [5.41, 5.74) is 1.92. The first-order chi connectivity index (χ1) is 13.8. The van der Waals surface area contributed by atoms with Crippen molar-refractivity contribution in [2.45, 2.75) is 10.6 Å². The second kappa shape index (κ2) is 10.4. The van der Waals surface area contributed by atoms with E-state index in [1.807, 2.05) is 66.7 Å². The van der Waals surface area contributed by atoms with E-state index in [0.29, 0.717) is 24.5 Å². The van der Waals surface area contributed by atoms with Crippen LogP contribution >= 0.6 is 11.8 Å². The first kappa shape index (κ1) is 19.8. The zero-order valence-electron chi connectivity index (χ0n) is 15.8. The highest BCUT2D eigenvalue weighted by Gasteiger charge is 2.11. The summed E-state index contributed by atoms with van der Waals surface area (Å²) in [5, 5.41) is 2.93. The summed E-state index contributed by atoms with van der Waals surface area (Å²) in [4.78, 5) is 13.6. The molecule has 0 aromatic heterocycles. The Morgan fingerprint density at radius 2 is 1.68 bits per heavy atom. The van der Waals surface area contributed by atoms with Gasteiger partial charge < -0.3 is 14.8 Å². The Hall–Kier alpha value is -2.92. The van der Waals surface area contributed by atoms with Crippen LogP contribution < -0.4 is 14.8 Å². The Balaban J connectivity index is 1.51. The van der Waals surface area contributed by atoms with Crippen LogP contribution in [0.1, 0.15) is 15.9 Å². The van der Waals surface area contributed by atoms with Gasteiger partial charge in [-0.2, -0.15) is 0 Å². The molecule has 1 N–H and O–H groups in total. The molecule has 3 aromatic rings. The van der Waals surface area contributed by atoms with E-state index in [2.05, 4.69) is 17.4 Å². The third-order valence-corrected chi connectivity index (χ3v) is 5.21. The number of ether oxygens (including phenoxy) is 2. The fourth-order valence-corrected chi connectivity index (χ4v) is 3.64. The SMILES string of the molecule is COc1cccc(OCCNC(=O)c2ccccc2SCc2ccccc2)c1. The van der Waals surface area contributed by atoms with Crippen molar-refractivity contribution in [1.29, 1.82) is 0 Å². The highest BCUT2D eigenvalue weighted by Crippen LogP contribution is 2.26. The second-order valence-electron chi connectivity index (χ2n) is 6.05. The molecule has 144 valence electrons. The normalized spacial score (nSPS) is 10.3. The summed E-state index contributed by atoms with van der Waals surface area (Å²) < 4.78 is 10.8. The minimum Gasteiger partial charge on any atom is -0.497 e. The van der Waals surface area contributed by atoms with E-state index in [9.17, 15) is 4.79 Å². The third kappa shape index (κ3) is 5.79. The number of benzene rings is 3. The summed E-state index contributed by atoms with van der Waals surface area (Å²) in [5.74, 6) is 2.19. The van der Waals surface area contributed by atoms with Crippen molar-refractivity contribution in [2.75, 3.05) is 20.3 Å². The predicted octanol–water partition coefficient (Wildman–Crippen LogP) is 4.80. The summed E-state index contributed by atoms with van der Waals surface area (Å²) in [6, 6.07) is 25.3. The first-order valence-corrected chi connectivity index (χ1v) is 10.1. The van der Waals surface area contributed by atoms with Gasteiger partial charge in [0.2, 0.25) is 0 Å². The number of hydrogen-bond donors (Lipinski definition) is 1. The number of carbonyl (C=O) groups excluding carboxylic acids is 1. The number of rotatable bonds is 9. The molecule has 0 spiro atoms. The van der Waals surface area contributed by atoms with Crippen LogP contribution in [-0.4, -0.2) is 26.2 Å². The summed E-state index contributed by atoms with van der Waals surface area (Å²) in [7, 11) is 1.62. The van der Waals surface area contributed by atoms with E-state index < -0.39 is 0 Å². The molecule has 0 saturated heterocycles. The fourth-order valence-electron chi connectivity index (χ4n) is 2.64. The van der Waals surface area contributed by atoms with Crippen LogP contribution in [0.25, 0.3) is 0 Å². The van der Waals surface area contributed by atoms with E-state index in [1.165, 1.54) is 5.56 Å². The predicted molar refractivity (Wildman–Crippen MR) is 113 cm³/mol. The Morgan fingerprint density at radius 3 is 2.50 bits per heavy atom. The van der Waals surface area contributed by atoms with Gasteiger partial charge in [0, 0.05) is 16.7 Å². The molecule has 0 radical (unpaired) electrons. The topological polar surface area (TPSA) is 47.6 Å². The van der Waals surface area contributed by atoms with E-state index in [0.717, 1.165) is 16.4 Å². The lowest BCUT2D eigenvalue weighted by Gasteiger charge is -2.11. The maximum atomic E-state index is 12.6. The standard InChI is InChI=1S/C23H23NO3S/c1-26-19-10-7-11-20(16-19)27-15-14-24-23(25)21-12-5-6-13-22(21)28-17-18-8-3-2-4-9-18/h2-13,16H,14-15,17H2,1H3,(H,24,25). The van der Waals surface area contributed by atoms with Crippen molar-refractivity contribution < 1.29 is 14.3 Å². The Kier molecular flexibility index (Phi) is 7.38. The number of hydrogen-bond acceptors (Lipinski definition) is 4.